The maximum atomic E-state index is 12.5. The summed E-state index contributed by atoms with van der Waals surface area (Å²) in [5.74, 6) is 8.17. The zero-order valence-electron chi connectivity index (χ0n) is 19.9. The first-order valence-electron chi connectivity index (χ1n) is 11.4. The third-order valence-corrected chi connectivity index (χ3v) is 8.80. The molecule has 0 N–H and O–H groups in total. The van der Waals surface area contributed by atoms with Crippen molar-refractivity contribution in [1.82, 2.24) is 0 Å². The van der Waals surface area contributed by atoms with Gasteiger partial charge in [0.2, 0.25) is 0 Å². The highest BCUT2D eigenvalue weighted by atomic mass is 28.2. The summed E-state index contributed by atoms with van der Waals surface area (Å²) in [4.78, 5) is 12.5. The molecule has 1 aromatic carbocycles. The minimum atomic E-state index is -0.365. The molecule has 0 radical (unpaired) electrons. The van der Waals surface area contributed by atoms with Gasteiger partial charge < -0.3 is 4.43 Å². The molecule has 1 aromatic rings. The summed E-state index contributed by atoms with van der Waals surface area (Å²) in [6.45, 7) is 13.4. The fourth-order valence-corrected chi connectivity index (χ4v) is 6.42. The first kappa shape index (κ1) is 23.0. The summed E-state index contributed by atoms with van der Waals surface area (Å²) in [7, 11) is 0.676. The Kier molecular flexibility index (Phi) is 6.51. The molecule has 4 atom stereocenters. The van der Waals surface area contributed by atoms with Gasteiger partial charge in [-0.05, 0) is 66.6 Å². The van der Waals surface area contributed by atoms with E-state index in [0.29, 0.717) is 28.6 Å². The Labute approximate surface area is 186 Å². The SMILES string of the molecule is C[C@H](C#Cc1ccccc1C(C)(O[SiH3])C(C)(C)C)[C@H]1CCC=C2C(=O)CCC[C@@]21C. The molecule has 2 nitrogen and oxygen atoms in total. The first-order valence-corrected chi connectivity index (χ1v) is 12.3. The van der Waals surface area contributed by atoms with Crippen LogP contribution in [0.2, 0.25) is 0 Å². The summed E-state index contributed by atoms with van der Waals surface area (Å²) in [6.07, 6.45) is 7.16. The molecule has 162 valence electrons. The van der Waals surface area contributed by atoms with Gasteiger partial charge in [-0.3, -0.25) is 4.79 Å². The molecule has 0 bridgehead atoms. The number of carbonyl (C=O) groups excluding carboxylic acids is 1. The van der Waals surface area contributed by atoms with Crippen LogP contribution in [0, 0.1) is 34.5 Å². The van der Waals surface area contributed by atoms with Crippen LogP contribution in [-0.2, 0) is 14.8 Å². The summed E-state index contributed by atoms with van der Waals surface area (Å²) < 4.78 is 6.18. The second-order valence-electron chi connectivity index (χ2n) is 10.6. The van der Waals surface area contributed by atoms with Crippen LogP contribution < -0.4 is 0 Å². The summed E-state index contributed by atoms with van der Waals surface area (Å²) in [5, 5.41) is 0. The third-order valence-electron chi connectivity index (χ3n) is 7.98. The Morgan fingerprint density at radius 3 is 2.60 bits per heavy atom. The van der Waals surface area contributed by atoms with E-state index in [1.54, 1.807) is 0 Å². The van der Waals surface area contributed by atoms with Gasteiger partial charge in [-0.1, -0.05) is 70.7 Å². The highest BCUT2D eigenvalue weighted by molar-refractivity contribution is 5.98. The second-order valence-corrected chi connectivity index (χ2v) is 11.0. The van der Waals surface area contributed by atoms with Gasteiger partial charge in [-0.15, -0.1) is 0 Å². The Morgan fingerprint density at radius 1 is 1.23 bits per heavy atom. The molecule has 0 aliphatic heterocycles. The second kappa shape index (κ2) is 8.48. The highest BCUT2D eigenvalue weighted by Crippen LogP contribution is 2.52. The van der Waals surface area contributed by atoms with Crippen LogP contribution in [0.4, 0.5) is 0 Å². The van der Waals surface area contributed by atoms with Gasteiger partial charge in [-0.25, -0.2) is 0 Å². The van der Waals surface area contributed by atoms with Gasteiger partial charge in [0.15, 0.2) is 5.78 Å². The first-order chi connectivity index (χ1) is 14.0. The molecule has 0 spiro atoms. The van der Waals surface area contributed by atoms with Crippen LogP contribution in [-0.4, -0.2) is 16.3 Å². The van der Waals surface area contributed by atoms with E-state index in [2.05, 4.69) is 83.7 Å². The number of hydrogen-bond acceptors (Lipinski definition) is 2. The van der Waals surface area contributed by atoms with Crippen LogP contribution in [0.15, 0.2) is 35.9 Å². The summed E-state index contributed by atoms with van der Waals surface area (Å²) in [6, 6.07) is 8.44. The Balaban J connectivity index is 1.94. The van der Waals surface area contributed by atoms with Crippen molar-refractivity contribution in [3.8, 4) is 11.8 Å². The monoisotopic (exact) mass is 422 g/mol. The van der Waals surface area contributed by atoms with Gasteiger partial charge in [0, 0.05) is 17.9 Å². The lowest BCUT2D eigenvalue weighted by atomic mass is 9.57. The summed E-state index contributed by atoms with van der Waals surface area (Å²) >= 11 is 0. The van der Waals surface area contributed by atoms with Crippen molar-refractivity contribution in [1.29, 1.82) is 0 Å². The third kappa shape index (κ3) is 3.97. The van der Waals surface area contributed by atoms with Gasteiger partial charge in [0.1, 0.15) is 10.5 Å². The molecule has 1 unspecified atom stereocenters. The molecule has 1 fully saturated rings. The van der Waals surface area contributed by atoms with Crippen molar-refractivity contribution in [2.24, 2.45) is 22.7 Å². The molecule has 3 heteroatoms. The van der Waals surface area contributed by atoms with E-state index >= 15 is 0 Å². The van der Waals surface area contributed by atoms with Crippen LogP contribution in [0.25, 0.3) is 0 Å². The van der Waals surface area contributed by atoms with Crippen LogP contribution in [0.1, 0.15) is 84.8 Å². The van der Waals surface area contributed by atoms with Gasteiger partial charge in [0.05, 0.1) is 5.60 Å². The fraction of sp³-hybridized carbons (Fsp3) is 0.593. The van der Waals surface area contributed by atoms with Crippen LogP contribution >= 0.6 is 0 Å². The number of benzene rings is 1. The average Bonchev–Trinajstić information content (AvgIpc) is 2.70. The van der Waals surface area contributed by atoms with E-state index in [9.17, 15) is 4.79 Å². The normalized spacial score (nSPS) is 27.3. The fourth-order valence-electron chi connectivity index (χ4n) is 5.58. The standard InChI is InChI=1S/C27H38O2Si/c1-19(21-13-9-14-23-24(28)15-10-18-26(21,23)5)16-17-20-11-7-8-12-22(20)27(6,29-30)25(2,3)4/h7-8,11-12,14,19,21H,9-10,13,15,18H2,1-6,30H3/t19-,21-,26-,27?/m1/s1. The minimum absolute atomic E-state index is 0.0146. The van der Waals surface area contributed by atoms with Crippen LogP contribution in [0.3, 0.4) is 0 Å². The number of allylic oxidation sites excluding steroid dienone is 2. The van der Waals surface area contributed by atoms with E-state index in [0.717, 1.165) is 36.8 Å². The predicted molar refractivity (Wildman–Crippen MR) is 128 cm³/mol. The lowest BCUT2D eigenvalue weighted by Crippen LogP contribution is -2.41. The van der Waals surface area contributed by atoms with E-state index < -0.39 is 0 Å². The van der Waals surface area contributed by atoms with E-state index in [1.807, 2.05) is 0 Å². The molecule has 0 aromatic heterocycles. The average molecular weight is 423 g/mol. The van der Waals surface area contributed by atoms with E-state index in [4.69, 9.17) is 4.43 Å². The number of carbonyl (C=O) groups is 1. The molecule has 3 rings (SSSR count). The Morgan fingerprint density at radius 2 is 1.93 bits per heavy atom. The number of fused-ring (bicyclic) bond motifs is 1. The number of ketones is 1. The smallest absolute Gasteiger partial charge is 0.159 e. The zero-order chi connectivity index (χ0) is 22.2. The lowest BCUT2D eigenvalue weighted by Gasteiger charge is -2.46. The van der Waals surface area contributed by atoms with Crippen molar-refractivity contribution in [3.05, 3.63) is 47.0 Å². The van der Waals surface area contributed by atoms with Crippen molar-refractivity contribution in [3.63, 3.8) is 0 Å². The molecular weight excluding hydrogens is 384 g/mol. The number of rotatable bonds is 3. The predicted octanol–water partition coefficient (Wildman–Crippen LogP) is 5.33. The number of hydrogen-bond donors (Lipinski definition) is 0. The van der Waals surface area contributed by atoms with E-state index in [1.165, 1.54) is 5.56 Å². The van der Waals surface area contributed by atoms with Crippen molar-refractivity contribution >= 4 is 16.3 Å². The highest BCUT2D eigenvalue weighted by Gasteiger charge is 2.46. The summed E-state index contributed by atoms with van der Waals surface area (Å²) in [5.41, 5.74) is 2.92. The number of Topliss-reactive ketones (excluding diaryl/α,β-unsaturated/α-hetero) is 1. The largest absolute Gasteiger partial charge is 0.418 e. The maximum absolute atomic E-state index is 12.5. The topological polar surface area (TPSA) is 26.3 Å². The molecule has 0 amide bonds. The minimum Gasteiger partial charge on any atom is -0.418 e. The molecule has 1 saturated carbocycles. The molecule has 0 heterocycles. The molecule has 2 aliphatic rings. The lowest BCUT2D eigenvalue weighted by molar-refractivity contribution is -0.119. The molecule has 0 saturated heterocycles. The molecular formula is C27H38O2Si. The van der Waals surface area contributed by atoms with Gasteiger partial charge >= 0.3 is 0 Å². The van der Waals surface area contributed by atoms with E-state index in [-0.39, 0.29) is 22.3 Å². The van der Waals surface area contributed by atoms with Gasteiger partial charge in [-0.2, -0.15) is 0 Å². The Hall–Kier alpha value is -1.63. The molecule has 2 aliphatic carbocycles. The van der Waals surface area contributed by atoms with Crippen LogP contribution in [0.5, 0.6) is 0 Å². The Bertz CT molecular complexity index is 897. The van der Waals surface area contributed by atoms with Gasteiger partial charge in [0.25, 0.3) is 0 Å². The quantitative estimate of drug-likeness (QED) is 0.486. The maximum Gasteiger partial charge on any atom is 0.159 e. The zero-order valence-corrected chi connectivity index (χ0v) is 21.9. The van der Waals surface area contributed by atoms with Crippen molar-refractivity contribution in [2.75, 3.05) is 0 Å². The molecule has 30 heavy (non-hydrogen) atoms. The van der Waals surface area contributed by atoms with Crippen molar-refractivity contribution in [2.45, 2.75) is 79.2 Å². The van der Waals surface area contributed by atoms with Crippen molar-refractivity contribution < 1.29 is 9.22 Å².